The van der Waals surface area contributed by atoms with Gasteiger partial charge < -0.3 is 10.1 Å². The van der Waals surface area contributed by atoms with Crippen LogP contribution in [0.15, 0.2) is 0 Å². The Bertz CT molecular complexity index is 172. The van der Waals surface area contributed by atoms with E-state index in [4.69, 9.17) is 0 Å². The summed E-state index contributed by atoms with van der Waals surface area (Å²) < 4.78 is 18.3. The lowest BCUT2D eigenvalue weighted by Crippen LogP contribution is -2.45. The standard InChI is InChI=1S/C8H14FNO2.ClH/c1-2-12-7(11)8(9)3-5-10-6-4-8;/h10H,2-6H2,1H3;1H. The smallest absolute Gasteiger partial charge is 0.343 e. The van der Waals surface area contributed by atoms with Gasteiger partial charge in [-0.15, -0.1) is 12.4 Å². The third-order valence-corrected chi connectivity index (χ3v) is 2.04. The maximum Gasteiger partial charge on any atom is 0.343 e. The van der Waals surface area contributed by atoms with Gasteiger partial charge in [-0.25, -0.2) is 9.18 Å². The molecule has 0 radical (unpaired) electrons. The van der Waals surface area contributed by atoms with Gasteiger partial charge in [0.2, 0.25) is 5.67 Å². The van der Waals surface area contributed by atoms with Crippen molar-refractivity contribution in [2.75, 3.05) is 19.7 Å². The van der Waals surface area contributed by atoms with Crippen LogP contribution in [-0.2, 0) is 9.53 Å². The number of hydrogen-bond donors (Lipinski definition) is 1. The van der Waals surface area contributed by atoms with Gasteiger partial charge in [-0.1, -0.05) is 0 Å². The summed E-state index contributed by atoms with van der Waals surface area (Å²) in [6.45, 7) is 3.03. The number of nitrogens with one attached hydrogen (secondary N) is 1. The zero-order valence-electron chi connectivity index (χ0n) is 7.64. The quantitative estimate of drug-likeness (QED) is 0.695. The predicted octanol–water partition coefficient (Wildman–Crippen LogP) is 1.06. The molecule has 0 amide bonds. The van der Waals surface area contributed by atoms with E-state index in [-0.39, 0.29) is 31.9 Å². The maximum atomic E-state index is 13.6. The van der Waals surface area contributed by atoms with E-state index in [1.165, 1.54) is 0 Å². The topological polar surface area (TPSA) is 38.3 Å². The van der Waals surface area contributed by atoms with Crippen LogP contribution in [0.2, 0.25) is 0 Å². The van der Waals surface area contributed by atoms with E-state index in [1.807, 2.05) is 0 Å². The number of rotatable bonds is 2. The molecule has 1 saturated heterocycles. The summed E-state index contributed by atoms with van der Waals surface area (Å²) in [6, 6.07) is 0. The van der Waals surface area contributed by atoms with Gasteiger partial charge in [-0.05, 0) is 20.0 Å². The lowest BCUT2D eigenvalue weighted by Gasteiger charge is -2.27. The van der Waals surface area contributed by atoms with E-state index >= 15 is 0 Å². The van der Waals surface area contributed by atoms with Crippen LogP contribution in [0, 0.1) is 0 Å². The summed E-state index contributed by atoms with van der Waals surface area (Å²) in [4.78, 5) is 11.1. The average molecular weight is 212 g/mol. The van der Waals surface area contributed by atoms with Crippen molar-refractivity contribution in [1.82, 2.24) is 5.32 Å². The summed E-state index contributed by atoms with van der Waals surface area (Å²) in [5.74, 6) is -0.702. The largest absolute Gasteiger partial charge is 0.464 e. The van der Waals surface area contributed by atoms with E-state index in [1.54, 1.807) is 6.92 Å². The summed E-state index contributed by atoms with van der Waals surface area (Å²) >= 11 is 0. The minimum absolute atomic E-state index is 0. The first-order valence-corrected chi connectivity index (χ1v) is 4.26. The van der Waals surface area contributed by atoms with Gasteiger partial charge in [0.25, 0.3) is 0 Å². The molecule has 0 spiro atoms. The fourth-order valence-corrected chi connectivity index (χ4v) is 1.29. The van der Waals surface area contributed by atoms with Crippen LogP contribution in [0.4, 0.5) is 4.39 Å². The minimum atomic E-state index is -1.73. The van der Waals surface area contributed by atoms with E-state index in [0.29, 0.717) is 13.1 Å². The Morgan fingerprint density at radius 3 is 2.54 bits per heavy atom. The average Bonchev–Trinajstić information content (AvgIpc) is 2.06. The molecule has 13 heavy (non-hydrogen) atoms. The number of carbonyl (C=O) groups excluding carboxylic acids is 1. The van der Waals surface area contributed by atoms with Crippen molar-refractivity contribution in [2.24, 2.45) is 0 Å². The van der Waals surface area contributed by atoms with Gasteiger partial charge in [-0.3, -0.25) is 0 Å². The second-order valence-corrected chi connectivity index (χ2v) is 2.94. The lowest BCUT2D eigenvalue weighted by molar-refractivity contribution is -0.159. The van der Waals surface area contributed by atoms with Crippen molar-refractivity contribution in [2.45, 2.75) is 25.4 Å². The number of piperidine rings is 1. The van der Waals surface area contributed by atoms with Crippen LogP contribution in [-0.4, -0.2) is 31.3 Å². The first kappa shape index (κ1) is 12.7. The molecule has 78 valence electrons. The fraction of sp³-hybridized carbons (Fsp3) is 0.875. The molecule has 1 heterocycles. The van der Waals surface area contributed by atoms with Gasteiger partial charge in [0.05, 0.1) is 6.61 Å². The Balaban J connectivity index is 0.00000144. The molecular formula is C8H15ClFNO2. The van der Waals surface area contributed by atoms with Crippen LogP contribution in [0.1, 0.15) is 19.8 Å². The normalized spacial score (nSPS) is 20.2. The summed E-state index contributed by atoms with van der Waals surface area (Å²) in [5.41, 5.74) is -1.73. The van der Waals surface area contributed by atoms with E-state index < -0.39 is 11.6 Å². The monoisotopic (exact) mass is 211 g/mol. The predicted molar refractivity (Wildman–Crippen MR) is 49.8 cm³/mol. The van der Waals surface area contributed by atoms with E-state index in [0.717, 1.165) is 0 Å². The first-order valence-electron chi connectivity index (χ1n) is 4.26. The minimum Gasteiger partial charge on any atom is -0.464 e. The second-order valence-electron chi connectivity index (χ2n) is 2.94. The molecule has 3 nitrogen and oxygen atoms in total. The van der Waals surface area contributed by atoms with Crippen molar-refractivity contribution < 1.29 is 13.9 Å². The molecule has 0 unspecified atom stereocenters. The molecule has 5 heteroatoms. The molecule has 0 saturated carbocycles. The first-order chi connectivity index (χ1) is 5.69. The van der Waals surface area contributed by atoms with Crippen LogP contribution in [0.3, 0.4) is 0 Å². The zero-order chi connectivity index (χ0) is 9.03. The van der Waals surface area contributed by atoms with E-state index in [2.05, 4.69) is 10.1 Å². The van der Waals surface area contributed by atoms with Crippen LogP contribution < -0.4 is 5.32 Å². The Morgan fingerprint density at radius 1 is 1.54 bits per heavy atom. The SMILES string of the molecule is CCOC(=O)C1(F)CCNCC1.Cl. The highest BCUT2D eigenvalue weighted by atomic mass is 35.5. The van der Waals surface area contributed by atoms with Gasteiger partial charge >= 0.3 is 5.97 Å². The summed E-state index contributed by atoms with van der Waals surface area (Å²) in [5, 5.41) is 2.99. The van der Waals surface area contributed by atoms with E-state index in [9.17, 15) is 9.18 Å². The Morgan fingerprint density at radius 2 is 2.08 bits per heavy atom. The van der Waals surface area contributed by atoms with Crippen molar-refractivity contribution >= 4 is 18.4 Å². The molecule has 1 rings (SSSR count). The number of carbonyl (C=O) groups is 1. The zero-order valence-corrected chi connectivity index (χ0v) is 8.45. The molecule has 1 aliphatic heterocycles. The Kier molecular flexibility index (Phi) is 5.25. The molecular weight excluding hydrogens is 197 g/mol. The second kappa shape index (κ2) is 5.40. The Hall–Kier alpha value is -0.350. The molecule has 0 aromatic carbocycles. The third-order valence-electron chi connectivity index (χ3n) is 2.04. The number of hydrogen-bond acceptors (Lipinski definition) is 3. The number of halogens is 2. The number of ether oxygens (including phenoxy) is 1. The maximum absolute atomic E-state index is 13.6. The van der Waals surface area contributed by atoms with Gasteiger partial charge in [-0.2, -0.15) is 0 Å². The molecule has 1 fully saturated rings. The molecule has 1 N–H and O–H groups in total. The Labute approximate surface area is 83.4 Å². The molecule has 1 aliphatic rings. The number of esters is 1. The molecule has 0 bridgehead atoms. The lowest BCUT2D eigenvalue weighted by atomic mass is 9.95. The van der Waals surface area contributed by atoms with Crippen molar-refractivity contribution in [3.63, 3.8) is 0 Å². The van der Waals surface area contributed by atoms with Crippen LogP contribution in [0.25, 0.3) is 0 Å². The highest BCUT2D eigenvalue weighted by Crippen LogP contribution is 2.24. The third kappa shape index (κ3) is 3.12. The van der Waals surface area contributed by atoms with Crippen LogP contribution >= 0.6 is 12.4 Å². The molecule has 0 atom stereocenters. The van der Waals surface area contributed by atoms with Crippen LogP contribution in [0.5, 0.6) is 0 Å². The highest BCUT2D eigenvalue weighted by Gasteiger charge is 2.40. The number of alkyl halides is 1. The van der Waals surface area contributed by atoms with Crippen molar-refractivity contribution in [1.29, 1.82) is 0 Å². The van der Waals surface area contributed by atoms with Gasteiger partial charge in [0.1, 0.15) is 0 Å². The van der Waals surface area contributed by atoms with Crippen molar-refractivity contribution in [3.8, 4) is 0 Å². The molecule has 0 aliphatic carbocycles. The molecule has 0 aromatic heterocycles. The summed E-state index contributed by atoms with van der Waals surface area (Å²) in [6.07, 6.45) is 0.456. The van der Waals surface area contributed by atoms with Gasteiger partial charge in [0, 0.05) is 12.8 Å². The fourth-order valence-electron chi connectivity index (χ4n) is 1.29. The van der Waals surface area contributed by atoms with Crippen molar-refractivity contribution in [3.05, 3.63) is 0 Å². The highest BCUT2D eigenvalue weighted by molar-refractivity contribution is 5.85. The summed E-state index contributed by atoms with van der Waals surface area (Å²) in [7, 11) is 0. The van der Waals surface area contributed by atoms with Gasteiger partial charge in [0.15, 0.2) is 0 Å². The molecule has 0 aromatic rings.